The van der Waals surface area contributed by atoms with Gasteiger partial charge in [-0.05, 0) is 19.1 Å². The smallest absolute Gasteiger partial charge is 0.305 e. The van der Waals surface area contributed by atoms with Gasteiger partial charge in [0, 0.05) is 24.0 Å². The Kier molecular flexibility index (Phi) is 4.11. The molecule has 1 saturated heterocycles. The van der Waals surface area contributed by atoms with Gasteiger partial charge in [-0.1, -0.05) is 0 Å². The van der Waals surface area contributed by atoms with Crippen LogP contribution >= 0.6 is 0 Å². The van der Waals surface area contributed by atoms with E-state index in [4.69, 9.17) is 9.84 Å². The molecule has 102 valence electrons. The molecule has 1 amide bonds. The van der Waals surface area contributed by atoms with Crippen molar-refractivity contribution < 1.29 is 19.4 Å². The molecule has 0 bridgehead atoms. The number of pyridine rings is 1. The van der Waals surface area contributed by atoms with E-state index >= 15 is 0 Å². The maximum Gasteiger partial charge on any atom is 0.305 e. The summed E-state index contributed by atoms with van der Waals surface area (Å²) in [5.41, 5.74) is 1.29. The highest BCUT2D eigenvalue weighted by Crippen LogP contribution is 2.15. The largest absolute Gasteiger partial charge is 0.481 e. The third-order valence-corrected chi connectivity index (χ3v) is 3.04. The number of carbonyl (C=O) groups excluding carboxylic acids is 1. The van der Waals surface area contributed by atoms with E-state index in [1.165, 1.54) is 0 Å². The Labute approximate surface area is 111 Å². The van der Waals surface area contributed by atoms with Crippen molar-refractivity contribution >= 4 is 11.9 Å². The third kappa shape index (κ3) is 3.29. The van der Waals surface area contributed by atoms with Crippen LogP contribution in [0.1, 0.15) is 22.5 Å². The van der Waals surface area contributed by atoms with E-state index < -0.39 is 12.0 Å². The number of hydrogen-bond donors (Lipinski definition) is 1. The number of hydrogen-bond acceptors (Lipinski definition) is 4. The van der Waals surface area contributed by atoms with E-state index in [1.807, 2.05) is 6.92 Å². The van der Waals surface area contributed by atoms with E-state index in [0.29, 0.717) is 18.7 Å². The Morgan fingerprint density at radius 2 is 2.37 bits per heavy atom. The van der Waals surface area contributed by atoms with Gasteiger partial charge in [0.2, 0.25) is 0 Å². The second-order valence-electron chi connectivity index (χ2n) is 4.51. The van der Waals surface area contributed by atoms with Crippen molar-refractivity contribution in [2.24, 2.45) is 0 Å². The summed E-state index contributed by atoms with van der Waals surface area (Å²) in [5.74, 6) is -1.10. The van der Waals surface area contributed by atoms with Crippen molar-refractivity contribution in [3.05, 3.63) is 29.6 Å². The number of rotatable bonds is 3. The van der Waals surface area contributed by atoms with Crippen molar-refractivity contribution in [3.63, 3.8) is 0 Å². The molecule has 6 nitrogen and oxygen atoms in total. The van der Waals surface area contributed by atoms with Gasteiger partial charge in [-0.15, -0.1) is 0 Å². The molecule has 0 radical (unpaired) electrons. The number of carboxylic acid groups (broad SMARTS) is 1. The van der Waals surface area contributed by atoms with Crippen LogP contribution in [0.3, 0.4) is 0 Å². The van der Waals surface area contributed by atoms with Crippen molar-refractivity contribution in [1.29, 1.82) is 0 Å². The van der Waals surface area contributed by atoms with E-state index in [1.54, 1.807) is 23.2 Å². The molecule has 6 heteroatoms. The first kappa shape index (κ1) is 13.5. The first-order valence-electron chi connectivity index (χ1n) is 6.11. The number of morpholine rings is 1. The molecule has 0 aromatic carbocycles. The van der Waals surface area contributed by atoms with E-state index in [0.717, 1.165) is 5.69 Å². The zero-order valence-corrected chi connectivity index (χ0v) is 10.7. The maximum atomic E-state index is 12.4. The van der Waals surface area contributed by atoms with Gasteiger partial charge in [0.25, 0.3) is 5.91 Å². The van der Waals surface area contributed by atoms with Gasteiger partial charge in [-0.2, -0.15) is 0 Å². The lowest BCUT2D eigenvalue weighted by Gasteiger charge is -2.34. The van der Waals surface area contributed by atoms with Crippen LogP contribution in [0.5, 0.6) is 0 Å². The lowest BCUT2D eigenvalue weighted by atomic mass is 10.1. The van der Waals surface area contributed by atoms with E-state index in [9.17, 15) is 9.59 Å². The van der Waals surface area contributed by atoms with Crippen LogP contribution in [0.15, 0.2) is 18.3 Å². The number of nitrogens with zero attached hydrogens (tertiary/aromatic N) is 2. The Balaban J connectivity index is 2.17. The SMILES string of the molecule is Cc1cc(C(=O)N2CCOCC2CC(=O)O)ccn1. The average molecular weight is 264 g/mol. The fourth-order valence-corrected chi connectivity index (χ4v) is 2.14. The minimum atomic E-state index is -0.931. The second kappa shape index (κ2) is 5.79. The zero-order chi connectivity index (χ0) is 13.8. The number of ether oxygens (including phenoxy) is 1. The molecule has 1 fully saturated rings. The van der Waals surface area contributed by atoms with Crippen molar-refractivity contribution in [3.8, 4) is 0 Å². The molecular formula is C13H16N2O4. The first-order chi connectivity index (χ1) is 9.08. The summed E-state index contributed by atoms with van der Waals surface area (Å²) in [6.45, 7) is 2.93. The van der Waals surface area contributed by atoms with Crippen molar-refractivity contribution in [2.45, 2.75) is 19.4 Å². The Bertz CT molecular complexity index is 489. The summed E-state index contributed by atoms with van der Waals surface area (Å²) >= 11 is 0. The average Bonchev–Trinajstić information content (AvgIpc) is 2.38. The highest BCUT2D eigenvalue weighted by molar-refractivity contribution is 5.94. The van der Waals surface area contributed by atoms with Gasteiger partial charge < -0.3 is 14.7 Å². The van der Waals surface area contributed by atoms with E-state index in [2.05, 4.69) is 4.98 Å². The molecule has 1 aliphatic heterocycles. The molecule has 0 spiro atoms. The fraction of sp³-hybridized carbons (Fsp3) is 0.462. The van der Waals surface area contributed by atoms with Gasteiger partial charge in [0.15, 0.2) is 0 Å². The molecule has 1 aromatic rings. The van der Waals surface area contributed by atoms with Crippen molar-refractivity contribution in [1.82, 2.24) is 9.88 Å². The molecule has 19 heavy (non-hydrogen) atoms. The standard InChI is InChI=1S/C13H16N2O4/c1-9-6-10(2-3-14-9)13(18)15-4-5-19-8-11(15)7-12(16)17/h2-3,6,11H,4-5,7-8H2,1H3,(H,16,17). The van der Waals surface area contributed by atoms with Crippen LogP contribution in [0, 0.1) is 6.92 Å². The number of aryl methyl sites for hydroxylation is 1. The highest BCUT2D eigenvalue weighted by atomic mass is 16.5. The summed E-state index contributed by atoms with van der Waals surface area (Å²) in [5, 5.41) is 8.88. The summed E-state index contributed by atoms with van der Waals surface area (Å²) in [6, 6.07) is 2.94. The molecule has 1 aliphatic rings. The summed E-state index contributed by atoms with van der Waals surface area (Å²) in [6.07, 6.45) is 1.48. The Hall–Kier alpha value is -1.95. The van der Waals surface area contributed by atoms with Crippen LogP contribution in [-0.4, -0.2) is 52.7 Å². The molecule has 2 heterocycles. The molecule has 1 aromatic heterocycles. The van der Waals surface area contributed by atoms with Crippen LogP contribution in [0.2, 0.25) is 0 Å². The molecule has 0 aliphatic carbocycles. The second-order valence-corrected chi connectivity index (χ2v) is 4.51. The molecule has 1 N–H and O–H groups in total. The number of carbonyl (C=O) groups is 2. The van der Waals surface area contributed by atoms with Crippen LogP contribution in [0.4, 0.5) is 0 Å². The molecule has 1 atom stereocenters. The minimum absolute atomic E-state index is 0.101. The third-order valence-electron chi connectivity index (χ3n) is 3.04. The van der Waals surface area contributed by atoms with Crippen molar-refractivity contribution in [2.75, 3.05) is 19.8 Å². The van der Waals surface area contributed by atoms with Gasteiger partial charge in [0.05, 0.1) is 25.7 Å². The summed E-state index contributed by atoms with van der Waals surface area (Å²) < 4.78 is 5.25. The normalized spacial score (nSPS) is 19.2. The number of aliphatic carboxylic acids is 1. The molecular weight excluding hydrogens is 248 g/mol. The van der Waals surface area contributed by atoms with E-state index in [-0.39, 0.29) is 18.9 Å². The van der Waals surface area contributed by atoms with Crippen LogP contribution in [-0.2, 0) is 9.53 Å². The van der Waals surface area contributed by atoms with Gasteiger partial charge >= 0.3 is 5.97 Å². The van der Waals surface area contributed by atoms with Gasteiger partial charge in [-0.25, -0.2) is 0 Å². The van der Waals surface area contributed by atoms with Crippen LogP contribution in [0.25, 0.3) is 0 Å². The van der Waals surface area contributed by atoms with Crippen LogP contribution < -0.4 is 0 Å². The lowest BCUT2D eigenvalue weighted by molar-refractivity contribution is -0.139. The molecule has 0 saturated carbocycles. The highest BCUT2D eigenvalue weighted by Gasteiger charge is 2.29. The predicted octanol–water partition coefficient (Wildman–Crippen LogP) is 0.706. The molecule has 2 rings (SSSR count). The first-order valence-corrected chi connectivity index (χ1v) is 6.11. The summed E-state index contributed by atoms with van der Waals surface area (Å²) in [4.78, 5) is 28.8. The van der Waals surface area contributed by atoms with Gasteiger partial charge in [-0.3, -0.25) is 14.6 Å². The lowest BCUT2D eigenvalue weighted by Crippen LogP contribution is -2.49. The maximum absolute atomic E-state index is 12.4. The quantitative estimate of drug-likeness (QED) is 0.869. The Morgan fingerprint density at radius 3 is 3.05 bits per heavy atom. The molecule has 1 unspecified atom stereocenters. The Morgan fingerprint density at radius 1 is 1.58 bits per heavy atom. The minimum Gasteiger partial charge on any atom is -0.481 e. The zero-order valence-electron chi connectivity index (χ0n) is 10.7. The fourth-order valence-electron chi connectivity index (χ4n) is 2.14. The number of carboxylic acids is 1. The predicted molar refractivity (Wildman–Crippen MR) is 66.9 cm³/mol. The number of amides is 1. The topological polar surface area (TPSA) is 79.7 Å². The summed E-state index contributed by atoms with van der Waals surface area (Å²) in [7, 11) is 0. The number of aromatic nitrogens is 1. The van der Waals surface area contributed by atoms with Gasteiger partial charge in [0.1, 0.15) is 0 Å². The monoisotopic (exact) mass is 264 g/mol.